The van der Waals surface area contributed by atoms with Crippen molar-refractivity contribution in [1.82, 2.24) is 4.98 Å². The third kappa shape index (κ3) is 3.40. The molecule has 0 aliphatic heterocycles. The quantitative estimate of drug-likeness (QED) is 0.431. The minimum atomic E-state index is -0.0170. The molecule has 132 valence electrons. The third-order valence-electron chi connectivity index (χ3n) is 4.02. The second-order valence-corrected chi connectivity index (χ2v) is 8.27. The van der Waals surface area contributed by atoms with Crippen LogP contribution in [0, 0.1) is 6.92 Å². The van der Waals surface area contributed by atoms with Gasteiger partial charge in [-0.2, -0.15) is 0 Å². The average molecular weight is 403 g/mol. The van der Waals surface area contributed by atoms with Gasteiger partial charge in [-0.05, 0) is 42.1 Å². The number of thiazole rings is 1. The van der Waals surface area contributed by atoms with Gasteiger partial charge in [0.2, 0.25) is 5.91 Å². The number of anilines is 1. The first-order valence-electron chi connectivity index (χ1n) is 8.02. The molecule has 0 radical (unpaired) electrons. The summed E-state index contributed by atoms with van der Waals surface area (Å²) in [5.74, 6) is 0.697. The molecular formula is C19H15ClN2O2S2. The molecule has 0 atom stereocenters. The van der Waals surface area contributed by atoms with Crippen molar-refractivity contribution in [2.24, 2.45) is 0 Å². The summed E-state index contributed by atoms with van der Waals surface area (Å²) >= 11 is 9.34. The average Bonchev–Trinajstić information content (AvgIpc) is 3.37. The molecule has 7 heteroatoms. The molecule has 0 aliphatic rings. The number of hydrogen-bond acceptors (Lipinski definition) is 5. The number of carbonyl (C=O) groups excluding carboxylic acids is 1. The van der Waals surface area contributed by atoms with Crippen LogP contribution in [0.1, 0.15) is 16.2 Å². The summed E-state index contributed by atoms with van der Waals surface area (Å²) in [5.41, 5.74) is 1.88. The summed E-state index contributed by atoms with van der Waals surface area (Å²) in [6.07, 6.45) is 1.94. The van der Waals surface area contributed by atoms with Gasteiger partial charge in [0, 0.05) is 4.88 Å². The van der Waals surface area contributed by atoms with E-state index in [0.29, 0.717) is 28.9 Å². The van der Waals surface area contributed by atoms with Crippen LogP contribution in [-0.2, 0) is 17.8 Å². The van der Waals surface area contributed by atoms with Gasteiger partial charge in [0.25, 0.3) is 0 Å². The first-order chi connectivity index (χ1) is 12.6. The van der Waals surface area contributed by atoms with Crippen molar-refractivity contribution in [3.05, 3.63) is 69.3 Å². The lowest BCUT2D eigenvalue weighted by Gasteiger charge is -2.18. The number of rotatable bonds is 5. The van der Waals surface area contributed by atoms with Crippen LogP contribution < -0.4 is 4.90 Å². The molecule has 0 fully saturated rings. The fourth-order valence-electron chi connectivity index (χ4n) is 2.68. The summed E-state index contributed by atoms with van der Waals surface area (Å²) in [4.78, 5) is 20.4. The number of thiophene rings is 1. The molecule has 4 nitrogen and oxygen atoms in total. The number of aromatic nitrogens is 1. The molecule has 0 bridgehead atoms. The van der Waals surface area contributed by atoms with Crippen molar-refractivity contribution < 1.29 is 9.21 Å². The van der Waals surface area contributed by atoms with Crippen molar-refractivity contribution in [2.45, 2.75) is 19.9 Å². The van der Waals surface area contributed by atoms with Crippen molar-refractivity contribution >= 4 is 55.5 Å². The Labute approximate surface area is 163 Å². The zero-order valence-electron chi connectivity index (χ0n) is 13.9. The van der Waals surface area contributed by atoms with E-state index in [9.17, 15) is 4.79 Å². The molecule has 0 saturated heterocycles. The van der Waals surface area contributed by atoms with E-state index in [4.69, 9.17) is 21.0 Å². The molecule has 4 aromatic rings. The molecule has 0 unspecified atom stereocenters. The van der Waals surface area contributed by atoms with Crippen LogP contribution in [0.4, 0.5) is 5.13 Å². The van der Waals surface area contributed by atoms with Gasteiger partial charge in [0.15, 0.2) is 5.13 Å². The van der Waals surface area contributed by atoms with Gasteiger partial charge in [-0.1, -0.05) is 35.1 Å². The van der Waals surface area contributed by atoms with Crippen LogP contribution in [0.25, 0.3) is 10.2 Å². The van der Waals surface area contributed by atoms with Gasteiger partial charge in [-0.25, -0.2) is 4.98 Å². The first kappa shape index (κ1) is 17.3. The van der Waals surface area contributed by atoms with Gasteiger partial charge in [0.05, 0.1) is 34.5 Å². The molecule has 0 aliphatic carbocycles. The van der Waals surface area contributed by atoms with Crippen LogP contribution in [0.15, 0.2) is 52.5 Å². The molecule has 1 amide bonds. The minimum Gasteiger partial charge on any atom is -0.467 e. The fourth-order valence-corrected chi connectivity index (χ4v) is 4.71. The first-order valence-corrected chi connectivity index (χ1v) is 10.1. The number of amides is 1. The van der Waals surface area contributed by atoms with E-state index in [1.807, 2.05) is 48.7 Å². The molecule has 3 heterocycles. The number of aryl methyl sites for hydroxylation is 1. The molecule has 4 rings (SSSR count). The third-order valence-corrected chi connectivity index (χ3v) is 6.43. The monoisotopic (exact) mass is 402 g/mol. The van der Waals surface area contributed by atoms with Crippen LogP contribution in [0.2, 0.25) is 5.02 Å². The van der Waals surface area contributed by atoms with Gasteiger partial charge in [0.1, 0.15) is 5.76 Å². The Morgan fingerprint density at radius 3 is 2.85 bits per heavy atom. The van der Waals surface area contributed by atoms with Crippen LogP contribution in [0.3, 0.4) is 0 Å². The van der Waals surface area contributed by atoms with Crippen LogP contribution in [0.5, 0.6) is 0 Å². The van der Waals surface area contributed by atoms with E-state index in [-0.39, 0.29) is 5.91 Å². The highest BCUT2D eigenvalue weighted by molar-refractivity contribution is 7.23. The summed E-state index contributed by atoms with van der Waals surface area (Å²) in [6.45, 7) is 2.33. The maximum Gasteiger partial charge on any atom is 0.234 e. The lowest BCUT2D eigenvalue weighted by molar-refractivity contribution is -0.118. The zero-order valence-corrected chi connectivity index (χ0v) is 16.3. The predicted octanol–water partition coefficient (Wildman–Crippen LogP) is 5.69. The lowest BCUT2D eigenvalue weighted by Crippen LogP contribution is -2.31. The fraction of sp³-hybridized carbons (Fsp3) is 0.158. The van der Waals surface area contributed by atoms with Crippen molar-refractivity contribution in [1.29, 1.82) is 0 Å². The zero-order chi connectivity index (χ0) is 18.1. The van der Waals surface area contributed by atoms with E-state index < -0.39 is 0 Å². The summed E-state index contributed by atoms with van der Waals surface area (Å²) in [6, 6.07) is 11.4. The van der Waals surface area contributed by atoms with Crippen molar-refractivity contribution in [3.8, 4) is 0 Å². The number of furan rings is 1. The number of hydrogen-bond donors (Lipinski definition) is 0. The van der Waals surface area contributed by atoms with E-state index >= 15 is 0 Å². The topological polar surface area (TPSA) is 46.3 Å². The second kappa shape index (κ2) is 7.23. The second-order valence-electron chi connectivity index (χ2n) is 5.85. The molecule has 0 saturated carbocycles. The van der Waals surface area contributed by atoms with E-state index in [2.05, 4.69) is 0 Å². The van der Waals surface area contributed by atoms with E-state index in [1.54, 1.807) is 22.5 Å². The Kier molecular flexibility index (Phi) is 4.80. The molecule has 0 N–H and O–H groups in total. The summed E-state index contributed by atoms with van der Waals surface area (Å²) in [7, 11) is 0. The Morgan fingerprint density at radius 2 is 2.15 bits per heavy atom. The largest absolute Gasteiger partial charge is 0.467 e. The predicted molar refractivity (Wildman–Crippen MR) is 107 cm³/mol. The van der Waals surface area contributed by atoms with Gasteiger partial charge >= 0.3 is 0 Å². The van der Waals surface area contributed by atoms with Gasteiger partial charge < -0.3 is 4.42 Å². The maximum atomic E-state index is 13.0. The molecule has 26 heavy (non-hydrogen) atoms. The Morgan fingerprint density at radius 1 is 1.27 bits per heavy atom. The molecular weight excluding hydrogens is 388 g/mol. The molecule has 1 aromatic carbocycles. The highest BCUT2D eigenvalue weighted by atomic mass is 35.5. The molecule has 0 spiro atoms. The lowest BCUT2D eigenvalue weighted by atomic mass is 10.2. The Hall–Kier alpha value is -2.15. The highest BCUT2D eigenvalue weighted by Crippen LogP contribution is 2.36. The molecule has 3 aromatic heterocycles. The number of carbonyl (C=O) groups is 1. The Bertz CT molecular complexity index is 1000. The number of nitrogens with zero attached hydrogens (tertiary/aromatic N) is 2. The van der Waals surface area contributed by atoms with Crippen LogP contribution in [-0.4, -0.2) is 10.9 Å². The van der Waals surface area contributed by atoms with Gasteiger partial charge in [-0.3, -0.25) is 9.69 Å². The van der Waals surface area contributed by atoms with Crippen molar-refractivity contribution in [2.75, 3.05) is 4.90 Å². The number of benzene rings is 1. The highest BCUT2D eigenvalue weighted by Gasteiger charge is 2.23. The SMILES string of the molecule is Cc1ccc(Cl)c2sc(N(Cc3ccco3)C(=O)Cc3cccs3)nc12. The smallest absolute Gasteiger partial charge is 0.234 e. The standard InChI is InChI=1S/C19H15ClN2O2S2/c1-12-6-7-15(20)18-17(12)21-19(26-18)22(11-13-4-2-8-24-13)16(23)10-14-5-3-9-25-14/h2-9H,10-11H2,1H3. The normalized spacial score (nSPS) is 11.2. The van der Waals surface area contributed by atoms with Crippen LogP contribution >= 0.6 is 34.3 Å². The Balaban J connectivity index is 1.73. The van der Waals surface area contributed by atoms with E-state index in [0.717, 1.165) is 20.7 Å². The number of halogens is 1. The van der Waals surface area contributed by atoms with E-state index in [1.165, 1.54) is 11.3 Å². The summed E-state index contributed by atoms with van der Waals surface area (Å²) < 4.78 is 6.35. The minimum absolute atomic E-state index is 0.0170. The maximum absolute atomic E-state index is 13.0. The number of fused-ring (bicyclic) bond motifs is 1. The van der Waals surface area contributed by atoms with Crippen molar-refractivity contribution in [3.63, 3.8) is 0 Å². The van der Waals surface area contributed by atoms with Gasteiger partial charge in [-0.15, -0.1) is 11.3 Å². The summed E-state index contributed by atoms with van der Waals surface area (Å²) in [5, 5.41) is 3.26.